The number of aliphatic carboxylic acids is 6. The van der Waals surface area contributed by atoms with E-state index in [1.807, 2.05) is 0 Å². The molecule has 0 fully saturated rings. The summed E-state index contributed by atoms with van der Waals surface area (Å²) in [5.41, 5.74) is -5.48. The summed E-state index contributed by atoms with van der Waals surface area (Å²) in [4.78, 5) is 61.0. The molecule has 0 aliphatic carbocycles. The Bertz CT molecular complexity index is 527. The van der Waals surface area contributed by atoms with Crippen molar-refractivity contribution in [2.75, 3.05) is 0 Å². The Morgan fingerprint density at radius 1 is 0.467 bits per heavy atom. The van der Waals surface area contributed by atoms with Gasteiger partial charge in [0, 0.05) is 21.7 Å². The number of carboxylic acids is 6. The van der Waals surface area contributed by atoms with Crippen LogP contribution in [0.1, 0.15) is 25.7 Å². The van der Waals surface area contributed by atoms with E-state index < -0.39 is 72.7 Å². The molecule has 0 aliphatic rings. The maximum Gasteiger partial charge on any atom is 0 e. The quantitative estimate of drug-likeness (QED) is 0.119. The van der Waals surface area contributed by atoms with Crippen LogP contribution in [0.2, 0.25) is 0 Å². The van der Waals surface area contributed by atoms with Crippen molar-refractivity contribution in [2.24, 2.45) is 0 Å². The Labute approximate surface area is 311 Å². The van der Waals surface area contributed by atoms with Crippen LogP contribution in [0.5, 0.6) is 0 Å². The Balaban J connectivity index is -0.0000000847. The Kier molecular flexibility index (Phi) is 33.4. The van der Waals surface area contributed by atoms with E-state index >= 15 is 0 Å². The maximum atomic E-state index is 10.3. The molecule has 30 heavy (non-hydrogen) atoms. The van der Waals surface area contributed by atoms with Crippen molar-refractivity contribution >= 4 is 190 Å². The second-order valence-electron chi connectivity index (χ2n) is 4.96. The molecule has 14 nitrogen and oxygen atoms in total. The van der Waals surface area contributed by atoms with Crippen LogP contribution in [0.15, 0.2) is 0 Å². The van der Waals surface area contributed by atoms with Gasteiger partial charge < -0.3 is 40.9 Å². The van der Waals surface area contributed by atoms with Crippen molar-refractivity contribution in [3.8, 4) is 0 Å². The summed E-state index contributed by atoms with van der Waals surface area (Å²) in [6, 6.07) is 0. The second kappa shape index (κ2) is 21.9. The zero-order valence-electron chi connectivity index (χ0n) is 13.4. The first-order chi connectivity index (χ1) is 11.6. The molecule has 18 heteroatoms. The van der Waals surface area contributed by atoms with Crippen molar-refractivity contribution in [1.29, 1.82) is 0 Å². The minimum Gasteiger partial charge on any atom is 0 e. The molecule has 158 valence electrons. The van der Waals surface area contributed by atoms with Gasteiger partial charge in [0.15, 0.2) is 11.2 Å². The standard InChI is InChI=1S/2C6H8O7.3K.Ti.3H/c2*7-3(8)1-6(13,5(11)12)2-4(9)10;;;;;;;/h2*13H,1-2H2,(H,7,8)(H,9,10)(H,11,12);;;;;;;. The summed E-state index contributed by atoms with van der Waals surface area (Å²) in [5.74, 6) is -10.0. The first-order valence-electron chi connectivity index (χ1n) is 6.34. The normalized spacial score (nSPS) is 9.40. The smallest absolute Gasteiger partial charge is 0 e. The molecule has 0 saturated heterocycles. The molecule has 0 aromatic rings. The third-order valence-electron chi connectivity index (χ3n) is 2.57. The summed E-state index contributed by atoms with van der Waals surface area (Å²) in [7, 11) is 0. The van der Waals surface area contributed by atoms with Gasteiger partial charge in [0.1, 0.15) is 0 Å². The van der Waals surface area contributed by atoms with Gasteiger partial charge in [0.2, 0.25) is 0 Å². The predicted octanol–water partition coefficient (Wildman–Crippen LogP) is -4.44. The molecule has 0 radical (unpaired) electrons. The van der Waals surface area contributed by atoms with Gasteiger partial charge in [-0.15, -0.1) is 0 Å². The third kappa shape index (κ3) is 22.2. The van der Waals surface area contributed by atoms with Gasteiger partial charge in [-0.25, -0.2) is 9.59 Å². The van der Waals surface area contributed by atoms with Crippen LogP contribution in [0.3, 0.4) is 0 Å². The molecule has 0 atom stereocenters. The second-order valence-corrected chi connectivity index (χ2v) is 4.96. The minimum absolute atomic E-state index is 0. The molecule has 0 saturated carbocycles. The fourth-order valence-corrected chi connectivity index (χ4v) is 1.43. The number of hydrogen-bond donors (Lipinski definition) is 8. The zero-order valence-corrected chi connectivity index (χ0v) is 14.9. The van der Waals surface area contributed by atoms with Gasteiger partial charge in [-0.3, -0.25) is 19.2 Å². The number of hydrogen-bond acceptors (Lipinski definition) is 8. The van der Waals surface area contributed by atoms with Crippen molar-refractivity contribution in [3.63, 3.8) is 0 Å². The first-order valence-corrected chi connectivity index (χ1v) is 6.34. The van der Waals surface area contributed by atoms with E-state index in [2.05, 4.69) is 0 Å². The van der Waals surface area contributed by atoms with Crippen molar-refractivity contribution in [3.05, 3.63) is 0 Å². The van der Waals surface area contributed by atoms with E-state index in [0.29, 0.717) is 0 Å². The van der Waals surface area contributed by atoms with Gasteiger partial charge in [-0.2, -0.15) is 0 Å². The summed E-state index contributed by atoms with van der Waals surface area (Å²) in [6.07, 6.45) is -4.58. The summed E-state index contributed by atoms with van der Waals surface area (Å²) >= 11 is 0. The predicted molar refractivity (Wildman–Crippen MR) is 95.6 cm³/mol. The molecule has 0 spiro atoms. The van der Waals surface area contributed by atoms with Gasteiger partial charge in [-0.1, -0.05) is 0 Å². The van der Waals surface area contributed by atoms with Crippen LogP contribution in [-0.4, -0.2) is 242 Å². The Morgan fingerprint density at radius 3 is 0.667 bits per heavy atom. The monoisotopic (exact) mass is 552 g/mol. The van der Waals surface area contributed by atoms with E-state index in [9.17, 15) is 28.8 Å². The average Bonchev–Trinajstić information content (AvgIpc) is 2.34. The fourth-order valence-electron chi connectivity index (χ4n) is 1.43. The Hall–Kier alpha value is 2.36. The van der Waals surface area contributed by atoms with Crippen LogP contribution in [0.25, 0.3) is 0 Å². The van der Waals surface area contributed by atoms with Gasteiger partial charge in [0.05, 0.1) is 25.7 Å². The molecular formula is C12H19K3O14Ti. The summed E-state index contributed by atoms with van der Waals surface area (Å²) in [5, 5.41) is 67.6. The van der Waals surface area contributed by atoms with Crippen molar-refractivity contribution in [2.45, 2.75) is 36.9 Å². The SMILES string of the molecule is O=C(O)CC(O)(CC(=O)O)C(=O)O.O=C(O)CC(O)(CC(=O)O)C(=O)O.[KH].[KH].[KH].[Ti]. The molecule has 0 amide bonds. The van der Waals surface area contributed by atoms with E-state index in [-0.39, 0.29) is 176 Å². The molecule has 0 aromatic carbocycles. The van der Waals surface area contributed by atoms with Gasteiger partial charge in [0.25, 0.3) is 0 Å². The average molecular weight is 552 g/mol. The minimum atomic E-state index is -2.74. The summed E-state index contributed by atoms with van der Waals surface area (Å²) < 4.78 is 0. The molecule has 0 bridgehead atoms. The van der Waals surface area contributed by atoms with E-state index in [1.54, 1.807) is 0 Å². The molecule has 0 rings (SSSR count). The van der Waals surface area contributed by atoms with Gasteiger partial charge in [-0.05, 0) is 0 Å². The molecule has 8 N–H and O–H groups in total. The van der Waals surface area contributed by atoms with E-state index in [0.717, 1.165) is 0 Å². The van der Waals surface area contributed by atoms with Gasteiger partial charge >= 0.3 is 190 Å². The van der Waals surface area contributed by atoms with Crippen LogP contribution in [0, 0.1) is 0 Å². The van der Waals surface area contributed by atoms with Crippen LogP contribution in [0.4, 0.5) is 0 Å². The van der Waals surface area contributed by atoms with Crippen LogP contribution < -0.4 is 0 Å². The van der Waals surface area contributed by atoms with Crippen molar-refractivity contribution < 1.29 is 91.3 Å². The zero-order chi connectivity index (χ0) is 21.3. The Morgan fingerprint density at radius 2 is 0.600 bits per heavy atom. The number of rotatable bonds is 10. The number of carbonyl (C=O) groups is 6. The molecule has 0 heterocycles. The molecule has 0 aliphatic heterocycles. The van der Waals surface area contributed by atoms with E-state index in [1.165, 1.54) is 0 Å². The molecular weight excluding hydrogens is 533 g/mol. The van der Waals surface area contributed by atoms with Crippen LogP contribution >= 0.6 is 0 Å². The van der Waals surface area contributed by atoms with E-state index in [4.69, 9.17) is 40.9 Å². The maximum absolute atomic E-state index is 10.3. The summed E-state index contributed by atoms with van der Waals surface area (Å²) in [6.45, 7) is 0. The van der Waals surface area contributed by atoms with Crippen molar-refractivity contribution in [1.82, 2.24) is 0 Å². The topological polar surface area (TPSA) is 264 Å². The molecule has 0 unspecified atom stereocenters. The first kappa shape index (κ1) is 45.8. The van der Waals surface area contributed by atoms with Crippen LogP contribution in [-0.2, 0) is 50.5 Å². The fraction of sp³-hybridized carbons (Fsp3) is 0.500. The largest absolute Gasteiger partial charge is 0 e. The third-order valence-corrected chi connectivity index (χ3v) is 2.57. The number of aliphatic hydroxyl groups is 2. The molecule has 0 aromatic heterocycles. The number of carboxylic acid groups (broad SMARTS) is 6.